The molecular formula is C17H26N4O2S. The number of nitrogens with one attached hydrogen (secondary N) is 1. The molecule has 0 spiro atoms. The molecule has 24 heavy (non-hydrogen) atoms. The van der Waals surface area contributed by atoms with E-state index in [4.69, 9.17) is 0 Å². The Balaban J connectivity index is 1.64. The third-order valence-corrected chi connectivity index (χ3v) is 5.68. The van der Waals surface area contributed by atoms with E-state index in [1.807, 2.05) is 23.6 Å². The van der Waals surface area contributed by atoms with Crippen molar-refractivity contribution in [2.75, 3.05) is 26.2 Å². The predicted octanol–water partition coefficient (Wildman–Crippen LogP) is 2.29. The SMILES string of the molecule is CC(C)NC(=O)N1CCc2nc(C(=O)N3CCCCC3)sc2CC1. The maximum atomic E-state index is 12.6. The summed E-state index contributed by atoms with van der Waals surface area (Å²) in [4.78, 5) is 34.3. The van der Waals surface area contributed by atoms with E-state index >= 15 is 0 Å². The number of hydrogen-bond donors (Lipinski definition) is 1. The molecule has 0 atom stereocenters. The first-order valence-electron chi connectivity index (χ1n) is 8.88. The van der Waals surface area contributed by atoms with E-state index in [1.54, 1.807) is 0 Å². The van der Waals surface area contributed by atoms with Crippen LogP contribution in [0.5, 0.6) is 0 Å². The van der Waals surface area contributed by atoms with Crippen LogP contribution in [0.4, 0.5) is 4.79 Å². The highest BCUT2D eigenvalue weighted by atomic mass is 32.1. The lowest BCUT2D eigenvalue weighted by molar-refractivity contribution is 0.0723. The molecule has 0 saturated carbocycles. The number of piperidine rings is 1. The van der Waals surface area contributed by atoms with E-state index in [-0.39, 0.29) is 18.0 Å². The zero-order chi connectivity index (χ0) is 17.1. The van der Waals surface area contributed by atoms with Gasteiger partial charge in [-0.3, -0.25) is 4.79 Å². The molecule has 0 aromatic carbocycles. The number of fused-ring (bicyclic) bond motifs is 1. The number of hydrogen-bond acceptors (Lipinski definition) is 4. The zero-order valence-electron chi connectivity index (χ0n) is 14.5. The standard InChI is InChI=1S/C17H26N4O2S/c1-12(2)18-17(23)21-10-6-13-14(7-11-21)24-15(19-13)16(22)20-8-4-3-5-9-20/h12H,3-11H2,1-2H3,(H,18,23). The van der Waals surface area contributed by atoms with Crippen molar-refractivity contribution >= 4 is 23.3 Å². The summed E-state index contributed by atoms with van der Waals surface area (Å²) in [5, 5.41) is 3.57. The van der Waals surface area contributed by atoms with Crippen LogP contribution in [0.3, 0.4) is 0 Å². The Bertz CT molecular complexity index is 582. The predicted molar refractivity (Wildman–Crippen MR) is 94.5 cm³/mol. The van der Waals surface area contributed by atoms with E-state index in [0.29, 0.717) is 18.1 Å². The molecule has 1 N–H and O–H groups in total. The fraction of sp³-hybridized carbons (Fsp3) is 0.706. The molecule has 6 nitrogen and oxygen atoms in total. The van der Waals surface area contributed by atoms with Gasteiger partial charge in [0.2, 0.25) is 0 Å². The van der Waals surface area contributed by atoms with Gasteiger partial charge in [0.15, 0.2) is 5.01 Å². The van der Waals surface area contributed by atoms with E-state index in [0.717, 1.165) is 49.3 Å². The van der Waals surface area contributed by atoms with Crippen LogP contribution < -0.4 is 5.32 Å². The smallest absolute Gasteiger partial charge is 0.317 e. The van der Waals surface area contributed by atoms with Gasteiger partial charge in [0.1, 0.15) is 0 Å². The van der Waals surface area contributed by atoms with Gasteiger partial charge >= 0.3 is 6.03 Å². The zero-order valence-corrected chi connectivity index (χ0v) is 15.3. The summed E-state index contributed by atoms with van der Waals surface area (Å²) in [7, 11) is 0. The Morgan fingerprint density at radius 1 is 1.04 bits per heavy atom. The minimum Gasteiger partial charge on any atom is -0.337 e. The molecule has 3 rings (SSSR count). The summed E-state index contributed by atoms with van der Waals surface area (Å²) >= 11 is 1.52. The summed E-state index contributed by atoms with van der Waals surface area (Å²) < 4.78 is 0. The second-order valence-electron chi connectivity index (χ2n) is 6.83. The summed E-state index contributed by atoms with van der Waals surface area (Å²) in [5.74, 6) is 0.0854. The highest BCUT2D eigenvalue weighted by molar-refractivity contribution is 7.13. The van der Waals surface area contributed by atoms with Crippen LogP contribution in [0.25, 0.3) is 0 Å². The third-order valence-electron chi connectivity index (χ3n) is 4.53. The molecule has 0 unspecified atom stereocenters. The Hall–Kier alpha value is -1.63. The number of urea groups is 1. The van der Waals surface area contributed by atoms with Gasteiger partial charge in [-0.15, -0.1) is 11.3 Å². The minimum absolute atomic E-state index is 0.00947. The van der Waals surface area contributed by atoms with E-state index < -0.39 is 0 Å². The second-order valence-corrected chi connectivity index (χ2v) is 7.92. The average Bonchev–Trinajstić information content (AvgIpc) is 2.87. The summed E-state index contributed by atoms with van der Waals surface area (Å²) in [6.07, 6.45) is 4.91. The maximum Gasteiger partial charge on any atom is 0.317 e. The quantitative estimate of drug-likeness (QED) is 0.890. The largest absolute Gasteiger partial charge is 0.337 e. The molecule has 1 saturated heterocycles. The van der Waals surface area contributed by atoms with E-state index in [9.17, 15) is 9.59 Å². The number of carbonyl (C=O) groups is 2. The number of likely N-dealkylation sites (tertiary alicyclic amines) is 1. The van der Waals surface area contributed by atoms with Crippen molar-refractivity contribution in [3.05, 3.63) is 15.6 Å². The van der Waals surface area contributed by atoms with Gasteiger partial charge in [-0.2, -0.15) is 0 Å². The molecule has 1 aromatic rings. The molecule has 0 bridgehead atoms. The molecule has 2 aliphatic heterocycles. The average molecular weight is 350 g/mol. The van der Waals surface area contributed by atoms with Crippen LogP contribution in [-0.4, -0.2) is 58.9 Å². The molecule has 7 heteroatoms. The van der Waals surface area contributed by atoms with Crippen molar-refractivity contribution in [1.29, 1.82) is 0 Å². The van der Waals surface area contributed by atoms with Crippen LogP contribution in [-0.2, 0) is 12.8 Å². The number of nitrogens with zero attached hydrogens (tertiary/aromatic N) is 3. The first-order valence-corrected chi connectivity index (χ1v) is 9.69. The minimum atomic E-state index is -0.00947. The van der Waals surface area contributed by atoms with Crippen molar-refractivity contribution < 1.29 is 9.59 Å². The van der Waals surface area contributed by atoms with Crippen LogP contribution in [0, 0.1) is 0 Å². The lowest BCUT2D eigenvalue weighted by Crippen LogP contribution is -2.44. The van der Waals surface area contributed by atoms with E-state index in [1.165, 1.54) is 17.8 Å². The van der Waals surface area contributed by atoms with Crippen molar-refractivity contribution in [3.63, 3.8) is 0 Å². The van der Waals surface area contributed by atoms with Crippen LogP contribution in [0.15, 0.2) is 0 Å². The van der Waals surface area contributed by atoms with Gasteiger partial charge in [-0.05, 0) is 33.1 Å². The Labute approximate surface area is 147 Å². The highest BCUT2D eigenvalue weighted by Crippen LogP contribution is 2.25. The molecular weight excluding hydrogens is 324 g/mol. The normalized spacial score (nSPS) is 18.3. The van der Waals surface area contributed by atoms with Gasteiger partial charge < -0.3 is 15.1 Å². The Morgan fingerprint density at radius 3 is 2.46 bits per heavy atom. The number of carbonyl (C=O) groups excluding carboxylic acids is 2. The first-order chi connectivity index (χ1) is 11.5. The van der Waals surface area contributed by atoms with Gasteiger partial charge in [0.05, 0.1) is 5.69 Å². The number of thiazole rings is 1. The van der Waals surface area contributed by atoms with Crippen molar-refractivity contribution in [2.24, 2.45) is 0 Å². The van der Waals surface area contributed by atoms with Crippen molar-refractivity contribution in [1.82, 2.24) is 20.1 Å². The maximum absolute atomic E-state index is 12.6. The Kier molecular flexibility index (Phi) is 5.38. The van der Waals surface area contributed by atoms with Crippen LogP contribution in [0.1, 0.15) is 53.5 Å². The highest BCUT2D eigenvalue weighted by Gasteiger charge is 2.26. The van der Waals surface area contributed by atoms with Crippen molar-refractivity contribution in [3.8, 4) is 0 Å². The topological polar surface area (TPSA) is 65.5 Å². The second kappa shape index (κ2) is 7.51. The first kappa shape index (κ1) is 17.2. The molecule has 0 aliphatic carbocycles. The van der Waals surface area contributed by atoms with Gasteiger partial charge in [-0.1, -0.05) is 0 Å². The fourth-order valence-electron chi connectivity index (χ4n) is 3.23. The van der Waals surface area contributed by atoms with Crippen LogP contribution >= 0.6 is 11.3 Å². The molecule has 132 valence electrons. The van der Waals surface area contributed by atoms with Crippen molar-refractivity contribution in [2.45, 2.75) is 52.0 Å². The fourth-order valence-corrected chi connectivity index (χ4v) is 4.29. The van der Waals surface area contributed by atoms with Gasteiger partial charge in [-0.25, -0.2) is 9.78 Å². The monoisotopic (exact) mass is 350 g/mol. The number of amides is 3. The lowest BCUT2D eigenvalue weighted by atomic mass is 10.1. The number of aromatic nitrogens is 1. The molecule has 1 aromatic heterocycles. The van der Waals surface area contributed by atoms with Gasteiger partial charge in [0.25, 0.3) is 5.91 Å². The summed E-state index contributed by atoms with van der Waals surface area (Å²) in [6.45, 7) is 6.98. The summed E-state index contributed by atoms with van der Waals surface area (Å²) in [6, 6.07) is 0.131. The third kappa shape index (κ3) is 3.88. The molecule has 3 amide bonds. The molecule has 1 fully saturated rings. The number of rotatable bonds is 2. The Morgan fingerprint density at radius 2 is 1.75 bits per heavy atom. The summed E-state index contributed by atoms with van der Waals surface area (Å²) in [5.41, 5.74) is 1.00. The van der Waals surface area contributed by atoms with Crippen LogP contribution in [0.2, 0.25) is 0 Å². The molecule has 0 radical (unpaired) electrons. The molecule has 2 aliphatic rings. The van der Waals surface area contributed by atoms with Gasteiger partial charge in [0, 0.05) is 49.9 Å². The lowest BCUT2D eigenvalue weighted by Gasteiger charge is -2.25. The van der Waals surface area contributed by atoms with E-state index in [2.05, 4.69) is 10.3 Å². The molecule has 3 heterocycles.